The van der Waals surface area contributed by atoms with Gasteiger partial charge in [0.2, 0.25) is 0 Å². The number of methoxy groups -OCH3 is 1. The first-order valence-corrected chi connectivity index (χ1v) is 6.25. The fraction of sp³-hybridized carbons (Fsp3) is 0.500. The second kappa shape index (κ2) is 5.15. The van der Waals surface area contributed by atoms with E-state index in [1.165, 1.54) is 6.42 Å². The minimum Gasteiger partial charge on any atom is -0.496 e. The van der Waals surface area contributed by atoms with Crippen LogP contribution in [0.4, 0.5) is 4.39 Å². The number of nitrogens with one attached hydrogen (secondary N) is 1. The normalized spacial score (nSPS) is 20.1. The maximum Gasteiger partial charge on any atom is 0.137 e. The van der Waals surface area contributed by atoms with Gasteiger partial charge in [0.05, 0.1) is 11.6 Å². The Morgan fingerprint density at radius 1 is 1.56 bits per heavy atom. The Kier molecular flexibility index (Phi) is 3.82. The van der Waals surface area contributed by atoms with Crippen LogP contribution >= 0.6 is 15.9 Å². The molecular formula is C12H15BrFNO. The van der Waals surface area contributed by atoms with Crippen LogP contribution in [0.1, 0.15) is 18.4 Å². The third-order valence-corrected chi connectivity index (χ3v) is 3.56. The molecule has 1 aliphatic heterocycles. The van der Waals surface area contributed by atoms with E-state index in [0.717, 1.165) is 30.7 Å². The molecule has 0 aliphatic carbocycles. The van der Waals surface area contributed by atoms with Gasteiger partial charge >= 0.3 is 0 Å². The van der Waals surface area contributed by atoms with Crippen molar-refractivity contribution in [2.24, 2.45) is 0 Å². The molecule has 0 bridgehead atoms. The van der Waals surface area contributed by atoms with Crippen molar-refractivity contribution < 1.29 is 9.13 Å². The first-order chi connectivity index (χ1) is 7.70. The third-order valence-electron chi connectivity index (χ3n) is 2.95. The maximum absolute atomic E-state index is 13.4. The smallest absolute Gasteiger partial charge is 0.137 e. The molecule has 1 aromatic rings. The van der Waals surface area contributed by atoms with Crippen LogP contribution in [0, 0.1) is 5.82 Å². The zero-order valence-corrected chi connectivity index (χ0v) is 10.8. The first-order valence-electron chi connectivity index (χ1n) is 5.46. The minimum atomic E-state index is -0.228. The standard InChI is InChI=1S/C12H15BrFNO/c1-16-12-7-10(13)11(14)6-8(12)5-9-3-2-4-15-9/h6-7,9,15H,2-5H2,1H3. The molecule has 0 aromatic heterocycles. The van der Waals surface area contributed by atoms with Gasteiger partial charge in [0.1, 0.15) is 11.6 Å². The third kappa shape index (κ3) is 2.55. The van der Waals surface area contributed by atoms with E-state index >= 15 is 0 Å². The van der Waals surface area contributed by atoms with E-state index < -0.39 is 0 Å². The van der Waals surface area contributed by atoms with E-state index in [2.05, 4.69) is 21.2 Å². The Balaban J connectivity index is 2.20. The van der Waals surface area contributed by atoms with E-state index in [1.54, 1.807) is 19.2 Å². The fourth-order valence-corrected chi connectivity index (χ4v) is 2.44. The highest BCUT2D eigenvalue weighted by molar-refractivity contribution is 9.10. The van der Waals surface area contributed by atoms with Crippen LogP contribution in [0.25, 0.3) is 0 Å². The number of rotatable bonds is 3. The lowest BCUT2D eigenvalue weighted by Crippen LogP contribution is -2.23. The van der Waals surface area contributed by atoms with E-state index in [-0.39, 0.29) is 5.82 Å². The van der Waals surface area contributed by atoms with Crippen molar-refractivity contribution in [1.29, 1.82) is 0 Å². The summed E-state index contributed by atoms with van der Waals surface area (Å²) >= 11 is 3.16. The molecule has 1 unspecified atom stereocenters. The van der Waals surface area contributed by atoms with Crippen LogP contribution in [-0.2, 0) is 6.42 Å². The van der Waals surface area contributed by atoms with Crippen molar-refractivity contribution in [1.82, 2.24) is 5.32 Å². The summed E-state index contributed by atoms with van der Waals surface area (Å²) in [5.41, 5.74) is 0.933. The molecule has 2 rings (SSSR count). The van der Waals surface area contributed by atoms with Crippen molar-refractivity contribution in [3.05, 3.63) is 28.0 Å². The number of hydrogen-bond acceptors (Lipinski definition) is 2. The number of halogens is 2. The predicted octanol–water partition coefficient (Wildman–Crippen LogP) is 2.89. The molecule has 2 nitrogen and oxygen atoms in total. The van der Waals surface area contributed by atoms with Gasteiger partial charge in [0.15, 0.2) is 0 Å². The van der Waals surface area contributed by atoms with Crippen molar-refractivity contribution in [2.45, 2.75) is 25.3 Å². The molecule has 88 valence electrons. The van der Waals surface area contributed by atoms with Crippen LogP contribution in [0.2, 0.25) is 0 Å². The molecule has 16 heavy (non-hydrogen) atoms. The summed E-state index contributed by atoms with van der Waals surface area (Å²) in [6, 6.07) is 3.71. The van der Waals surface area contributed by atoms with Crippen molar-refractivity contribution in [3.8, 4) is 5.75 Å². The summed E-state index contributed by atoms with van der Waals surface area (Å²) in [6.45, 7) is 1.06. The molecule has 1 heterocycles. The Hall–Kier alpha value is -0.610. The molecule has 4 heteroatoms. The van der Waals surface area contributed by atoms with E-state index in [9.17, 15) is 4.39 Å². The topological polar surface area (TPSA) is 21.3 Å². The van der Waals surface area contributed by atoms with Gasteiger partial charge in [-0.1, -0.05) is 0 Å². The van der Waals surface area contributed by atoms with Crippen LogP contribution in [0.5, 0.6) is 5.75 Å². The van der Waals surface area contributed by atoms with E-state index in [1.807, 2.05) is 0 Å². The largest absolute Gasteiger partial charge is 0.496 e. The Morgan fingerprint density at radius 2 is 2.38 bits per heavy atom. The SMILES string of the molecule is COc1cc(Br)c(F)cc1CC1CCCN1. The van der Waals surface area contributed by atoms with Gasteiger partial charge in [0, 0.05) is 6.04 Å². The van der Waals surface area contributed by atoms with Crippen LogP contribution in [0.3, 0.4) is 0 Å². The Bertz CT molecular complexity index is 378. The van der Waals surface area contributed by atoms with Crippen LogP contribution in [-0.4, -0.2) is 19.7 Å². The van der Waals surface area contributed by atoms with Crippen molar-refractivity contribution >= 4 is 15.9 Å². The second-order valence-electron chi connectivity index (χ2n) is 4.08. The summed E-state index contributed by atoms with van der Waals surface area (Å²) in [6.07, 6.45) is 3.18. The predicted molar refractivity (Wildman–Crippen MR) is 65.4 cm³/mol. The van der Waals surface area contributed by atoms with Gasteiger partial charge in [0.25, 0.3) is 0 Å². The summed E-state index contributed by atoms with van der Waals surface area (Å²) in [7, 11) is 1.62. The zero-order valence-electron chi connectivity index (χ0n) is 9.22. The van der Waals surface area contributed by atoms with Crippen LogP contribution < -0.4 is 10.1 Å². The number of benzene rings is 1. The lowest BCUT2D eigenvalue weighted by atomic mass is 10.0. The zero-order chi connectivity index (χ0) is 11.5. The Labute approximate surface area is 103 Å². The number of hydrogen-bond donors (Lipinski definition) is 1. The molecule has 0 saturated carbocycles. The van der Waals surface area contributed by atoms with Crippen molar-refractivity contribution in [3.63, 3.8) is 0 Å². The minimum absolute atomic E-state index is 0.228. The lowest BCUT2D eigenvalue weighted by molar-refractivity contribution is 0.405. The molecule has 1 aliphatic rings. The summed E-state index contributed by atoms with van der Waals surface area (Å²) < 4.78 is 19.2. The molecule has 1 saturated heterocycles. The molecule has 0 radical (unpaired) electrons. The average Bonchev–Trinajstić information content (AvgIpc) is 2.76. The highest BCUT2D eigenvalue weighted by atomic mass is 79.9. The van der Waals surface area contributed by atoms with E-state index in [0.29, 0.717) is 10.5 Å². The monoisotopic (exact) mass is 287 g/mol. The first kappa shape index (κ1) is 11.9. The van der Waals surface area contributed by atoms with Gasteiger partial charge in [-0.05, 0) is 59.4 Å². The summed E-state index contributed by atoms with van der Waals surface area (Å²) in [5.74, 6) is 0.524. The Morgan fingerprint density at radius 3 is 3.00 bits per heavy atom. The molecule has 0 amide bonds. The quantitative estimate of drug-likeness (QED) is 0.923. The highest BCUT2D eigenvalue weighted by Crippen LogP contribution is 2.28. The molecule has 0 spiro atoms. The molecule has 1 aromatic carbocycles. The van der Waals surface area contributed by atoms with Gasteiger partial charge in [-0.2, -0.15) is 0 Å². The molecule has 1 N–H and O–H groups in total. The average molecular weight is 288 g/mol. The van der Waals surface area contributed by atoms with Gasteiger partial charge in [-0.25, -0.2) is 4.39 Å². The highest BCUT2D eigenvalue weighted by Gasteiger charge is 2.17. The summed E-state index contributed by atoms with van der Waals surface area (Å²) in [5, 5.41) is 3.40. The molecule has 1 fully saturated rings. The summed E-state index contributed by atoms with van der Waals surface area (Å²) in [4.78, 5) is 0. The van der Waals surface area contributed by atoms with E-state index in [4.69, 9.17) is 4.74 Å². The van der Waals surface area contributed by atoms with Crippen LogP contribution in [0.15, 0.2) is 16.6 Å². The molecular weight excluding hydrogens is 273 g/mol. The van der Waals surface area contributed by atoms with Gasteiger partial charge < -0.3 is 10.1 Å². The van der Waals surface area contributed by atoms with Gasteiger partial charge in [-0.3, -0.25) is 0 Å². The van der Waals surface area contributed by atoms with Gasteiger partial charge in [-0.15, -0.1) is 0 Å². The second-order valence-corrected chi connectivity index (χ2v) is 4.93. The lowest BCUT2D eigenvalue weighted by Gasteiger charge is -2.14. The van der Waals surface area contributed by atoms with Crippen molar-refractivity contribution in [2.75, 3.05) is 13.7 Å². The molecule has 1 atom stereocenters. The maximum atomic E-state index is 13.4. The number of ether oxygens (including phenoxy) is 1. The fourth-order valence-electron chi connectivity index (χ4n) is 2.12.